The normalized spacial score (nSPS) is 11.8. The van der Waals surface area contributed by atoms with E-state index in [2.05, 4.69) is 4.72 Å². The fourth-order valence-corrected chi connectivity index (χ4v) is 4.80. The highest BCUT2D eigenvalue weighted by Gasteiger charge is 2.23. The van der Waals surface area contributed by atoms with E-state index in [-0.39, 0.29) is 6.54 Å². The van der Waals surface area contributed by atoms with E-state index in [1.165, 1.54) is 0 Å². The Morgan fingerprint density at radius 2 is 1.38 bits per heavy atom. The van der Waals surface area contributed by atoms with E-state index in [0.29, 0.717) is 9.92 Å². The molecule has 0 amide bonds. The van der Waals surface area contributed by atoms with Crippen LogP contribution in [-0.4, -0.2) is 8.42 Å². The van der Waals surface area contributed by atoms with Gasteiger partial charge in [-0.15, -0.1) is 0 Å². The first kappa shape index (κ1) is 19.0. The molecular weight excluding hydrogens is 342 g/mol. The molecular formula is C19H24ClNO2S. The molecule has 0 saturated carbocycles. The predicted octanol–water partition coefficient (Wildman–Crippen LogP) is 4.67. The first-order valence-electron chi connectivity index (χ1n) is 7.88. The molecule has 0 aliphatic carbocycles. The van der Waals surface area contributed by atoms with Crippen LogP contribution >= 0.6 is 11.6 Å². The van der Waals surface area contributed by atoms with Gasteiger partial charge in [0.15, 0.2) is 0 Å². The molecule has 0 spiro atoms. The molecule has 0 radical (unpaired) electrons. The summed E-state index contributed by atoms with van der Waals surface area (Å²) in [5, 5.41) is 0.649. The number of hydrogen-bond acceptors (Lipinski definition) is 2. The maximum Gasteiger partial charge on any atom is 0.241 e. The molecule has 0 saturated heterocycles. The van der Waals surface area contributed by atoms with E-state index in [1.807, 2.05) is 53.7 Å². The van der Waals surface area contributed by atoms with Gasteiger partial charge in [-0.2, -0.15) is 0 Å². The number of halogens is 1. The molecule has 0 atom stereocenters. The lowest BCUT2D eigenvalue weighted by atomic mass is 9.95. The topological polar surface area (TPSA) is 46.2 Å². The van der Waals surface area contributed by atoms with Gasteiger partial charge in [0, 0.05) is 11.6 Å². The summed E-state index contributed by atoms with van der Waals surface area (Å²) in [6, 6.07) is 5.46. The van der Waals surface area contributed by atoms with Crippen LogP contribution in [0.15, 0.2) is 23.1 Å². The molecule has 5 heteroatoms. The second-order valence-electron chi connectivity index (χ2n) is 6.35. The van der Waals surface area contributed by atoms with Crippen molar-refractivity contribution >= 4 is 21.6 Å². The third-order valence-corrected chi connectivity index (χ3v) is 6.87. The molecule has 3 nitrogen and oxygen atoms in total. The number of hydrogen-bond donors (Lipinski definition) is 1. The summed E-state index contributed by atoms with van der Waals surface area (Å²) in [7, 11) is -3.59. The lowest BCUT2D eigenvalue weighted by Crippen LogP contribution is -2.26. The van der Waals surface area contributed by atoms with E-state index >= 15 is 0 Å². The molecule has 0 bridgehead atoms. The van der Waals surface area contributed by atoms with Crippen molar-refractivity contribution in [3.8, 4) is 0 Å². The number of benzene rings is 2. The van der Waals surface area contributed by atoms with E-state index in [0.717, 1.165) is 38.9 Å². The minimum absolute atomic E-state index is 0.246. The maximum absolute atomic E-state index is 12.9. The molecule has 130 valence electrons. The fraction of sp³-hybridized carbons (Fsp3) is 0.368. The van der Waals surface area contributed by atoms with Crippen molar-refractivity contribution in [3.63, 3.8) is 0 Å². The molecule has 0 aromatic heterocycles. The SMILES string of the molecule is Cc1cc(Cl)ccc1CNS(=O)(=O)c1c(C)c(C)c(C)c(C)c1C. The Labute approximate surface area is 150 Å². The molecule has 0 aliphatic rings. The Morgan fingerprint density at radius 3 is 1.88 bits per heavy atom. The summed E-state index contributed by atoms with van der Waals surface area (Å²) in [4.78, 5) is 0.398. The van der Waals surface area contributed by atoms with Crippen LogP contribution in [0, 0.1) is 41.5 Å². The zero-order valence-electron chi connectivity index (χ0n) is 15.0. The summed E-state index contributed by atoms with van der Waals surface area (Å²) < 4.78 is 28.5. The lowest BCUT2D eigenvalue weighted by Gasteiger charge is -2.19. The van der Waals surface area contributed by atoms with Crippen molar-refractivity contribution in [1.29, 1.82) is 0 Å². The van der Waals surface area contributed by atoms with E-state index in [9.17, 15) is 8.42 Å². The van der Waals surface area contributed by atoms with Crippen molar-refractivity contribution in [2.45, 2.75) is 53.0 Å². The summed E-state index contributed by atoms with van der Waals surface area (Å²) in [5.41, 5.74) is 6.72. The smallest absolute Gasteiger partial charge is 0.207 e. The summed E-state index contributed by atoms with van der Waals surface area (Å²) in [6.45, 7) is 11.9. The molecule has 0 unspecified atom stereocenters. The third-order valence-electron chi connectivity index (χ3n) is 4.96. The van der Waals surface area contributed by atoms with E-state index < -0.39 is 10.0 Å². The van der Waals surface area contributed by atoms with Crippen LogP contribution in [0.1, 0.15) is 38.9 Å². The van der Waals surface area contributed by atoms with Gasteiger partial charge < -0.3 is 0 Å². The predicted molar refractivity (Wildman–Crippen MR) is 100 cm³/mol. The van der Waals surface area contributed by atoms with Gasteiger partial charge in [-0.05, 0) is 92.6 Å². The first-order chi connectivity index (χ1) is 11.1. The van der Waals surface area contributed by atoms with Gasteiger partial charge in [0.05, 0.1) is 4.90 Å². The zero-order valence-corrected chi connectivity index (χ0v) is 16.6. The van der Waals surface area contributed by atoms with Crippen LogP contribution in [0.3, 0.4) is 0 Å². The minimum atomic E-state index is -3.59. The minimum Gasteiger partial charge on any atom is -0.207 e. The molecule has 2 aromatic rings. The Kier molecular flexibility index (Phi) is 5.43. The van der Waals surface area contributed by atoms with Crippen LogP contribution in [0.25, 0.3) is 0 Å². The molecule has 2 aromatic carbocycles. The Hall–Kier alpha value is -1.36. The highest BCUT2D eigenvalue weighted by Crippen LogP contribution is 2.29. The average molecular weight is 366 g/mol. The van der Waals surface area contributed by atoms with Crippen LogP contribution in [0.5, 0.6) is 0 Å². The Bertz CT molecular complexity index is 873. The van der Waals surface area contributed by atoms with E-state index in [1.54, 1.807) is 6.07 Å². The van der Waals surface area contributed by atoms with Crippen molar-refractivity contribution in [2.75, 3.05) is 0 Å². The summed E-state index contributed by atoms with van der Waals surface area (Å²) >= 11 is 5.96. The van der Waals surface area contributed by atoms with Crippen molar-refractivity contribution in [3.05, 3.63) is 62.2 Å². The second-order valence-corrected chi connectivity index (χ2v) is 8.49. The fourth-order valence-electron chi connectivity index (χ4n) is 2.97. The van der Waals surface area contributed by atoms with Gasteiger partial charge in [0.1, 0.15) is 0 Å². The van der Waals surface area contributed by atoms with Crippen molar-refractivity contribution in [1.82, 2.24) is 4.72 Å². The molecule has 0 fully saturated rings. The van der Waals surface area contributed by atoms with Gasteiger partial charge in [0.2, 0.25) is 10.0 Å². The number of aryl methyl sites for hydroxylation is 1. The average Bonchev–Trinajstić information content (AvgIpc) is 2.50. The molecule has 2 rings (SSSR count). The van der Waals surface area contributed by atoms with Gasteiger partial charge in [-0.1, -0.05) is 17.7 Å². The standard InChI is InChI=1S/C19H24ClNO2S/c1-11-9-18(20)8-7-17(11)10-21-24(22,23)19-15(5)13(3)12(2)14(4)16(19)6/h7-9,21H,10H2,1-6H3. The largest absolute Gasteiger partial charge is 0.241 e. The summed E-state index contributed by atoms with van der Waals surface area (Å²) in [6.07, 6.45) is 0. The highest BCUT2D eigenvalue weighted by molar-refractivity contribution is 7.89. The molecule has 1 N–H and O–H groups in total. The lowest BCUT2D eigenvalue weighted by molar-refractivity contribution is 0.579. The van der Waals surface area contributed by atoms with Crippen LogP contribution in [-0.2, 0) is 16.6 Å². The van der Waals surface area contributed by atoms with Crippen LogP contribution in [0.2, 0.25) is 5.02 Å². The number of sulfonamides is 1. The monoisotopic (exact) mass is 365 g/mol. The van der Waals surface area contributed by atoms with Gasteiger partial charge in [-0.3, -0.25) is 0 Å². The van der Waals surface area contributed by atoms with Gasteiger partial charge in [0.25, 0.3) is 0 Å². The highest BCUT2D eigenvalue weighted by atomic mass is 35.5. The van der Waals surface area contributed by atoms with E-state index in [4.69, 9.17) is 11.6 Å². The van der Waals surface area contributed by atoms with Crippen LogP contribution in [0.4, 0.5) is 0 Å². The zero-order chi connectivity index (χ0) is 18.2. The Balaban J connectivity index is 2.42. The van der Waals surface area contributed by atoms with Crippen molar-refractivity contribution in [2.24, 2.45) is 0 Å². The maximum atomic E-state index is 12.9. The van der Waals surface area contributed by atoms with Gasteiger partial charge in [-0.25, -0.2) is 13.1 Å². The third kappa shape index (κ3) is 3.51. The van der Waals surface area contributed by atoms with Crippen LogP contribution < -0.4 is 4.72 Å². The first-order valence-corrected chi connectivity index (χ1v) is 9.74. The van der Waals surface area contributed by atoms with Crippen molar-refractivity contribution < 1.29 is 8.42 Å². The number of nitrogens with one attached hydrogen (secondary N) is 1. The molecule has 0 aliphatic heterocycles. The molecule has 0 heterocycles. The number of rotatable bonds is 4. The second kappa shape index (κ2) is 6.87. The molecule has 24 heavy (non-hydrogen) atoms. The van der Waals surface area contributed by atoms with Gasteiger partial charge >= 0.3 is 0 Å². The summed E-state index contributed by atoms with van der Waals surface area (Å²) in [5.74, 6) is 0. The quantitative estimate of drug-likeness (QED) is 0.855. The Morgan fingerprint density at radius 1 is 0.875 bits per heavy atom.